The Morgan fingerprint density at radius 3 is 0.691 bits per heavy atom. The maximum Gasteiger partial charge on any atom is 0.337 e. The molecule has 0 amide bonds. The molecule has 30 nitrogen and oxygen atoms in total. The van der Waals surface area contributed by atoms with Crippen LogP contribution < -0.4 is 0 Å². The molecule has 0 spiro atoms. The van der Waals surface area contributed by atoms with Gasteiger partial charge in [0.15, 0.2) is 38.7 Å². The SMILES string of the molecule is C=C(C)C(=O)O.C=C(C)C(=O)O.C=C(C)C(=O)OC(C)OCCCCOC(C)OC(=O)C(=C)C.C=C(C)C(=O)OC(C)OCCCCOC(C)OC(=O)C(=C)C.C=C(C)C(=O)OCOCCCCOCOC(=O)C(=C)C.C=COC(=O)C(=C)C.C=COCCCCOC=C.ClCOCCCCOCCl.OCCCCO. The molecule has 4 unspecified atom stereocenters. The number of esters is 7. The van der Waals surface area contributed by atoms with Crippen molar-refractivity contribution in [1.29, 1.82) is 0 Å². The van der Waals surface area contributed by atoms with E-state index in [0.29, 0.717) is 91.9 Å². The Bertz CT molecular complexity index is 2360. The van der Waals surface area contributed by atoms with Gasteiger partial charge in [-0.05, 0) is 167 Å². The van der Waals surface area contributed by atoms with Crippen LogP contribution in [-0.2, 0) is 124 Å². The second-order valence-electron chi connectivity index (χ2n) is 22.3. The Kier molecular flexibility index (Phi) is 98.1. The van der Waals surface area contributed by atoms with Gasteiger partial charge in [-0.25, -0.2) is 43.2 Å². The number of hydrogen-bond donors (Lipinski definition) is 4. The first-order valence-corrected chi connectivity index (χ1v) is 35.6. The molecule has 0 bridgehead atoms. The molecule has 0 rings (SSSR count). The molecule has 0 aliphatic rings. The number of ether oxygens (including phenoxy) is 17. The van der Waals surface area contributed by atoms with Gasteiger partial charge < -0.3 is 101 Å². The molecule has 0 saturated heterocycles. The van der Waals surface area contributed by atoms with Gasteiger partial charge in [-0.2, -0.15) is 0 Å². The van der Waals surface area contributed by atoms with Crippen LogP contribution in [0.2, 0.25) is 0 Å². The van der Waals surface area contributed by atoms with E-state index in [1.165, 1.54) is 26.4 Å². The number of hydrogen-bond acceptors (Lipinski definition) is 28. The third kappa shape index (κ3) is 108. The Hall–Kier alpha value is -8.11. The second kappa shape index (κ2) is 89.8. The number of carbonyl (C=O) groups is 9. The molecule has 110 heavy (non-hydrogen) atoms. The number of unbranched alkanes of at least 4 members (excludes halogenated alkanes) is 6. The fraction of sp³-hybridized carbons (Fsp3) is 0.577. The predicted molar refractivity (Wildman–Crippen MR) is 420 cm³/mol. The second-order valence-corrected chi connectivity index (χ2v) is 22.7. The smallest absolute Gasteiger partial charge is 0.337 e. The van der Waals surface area contributed by atoms with Crippen molar-refractivity contribution in [2.45, 2.75) is 192 Å². The van der Waals surface area contributed by atoms with Gasteiger partial charge in [0.2, 0.25) is 0 Å². The lowest BCUT2D eigenvalue weighted by Crippen LogP contribution is -2.20. The van der Waals surface area contributed by atoms with Crippen molar-refractivity contribution in [1.82, 2.24) is 0 Å². The van der Waals surface area contributed by atoms with Crippen molar-refractivity contribution >= 4 is 76.9 Å². The van der Waals surface area contributed by atoms with E-state index in [0.717, 1.165) is 96.5 Å². The number of aliphatic hydroxyl groups is 2. The summed E-state index contributed by atoms with van der Waals surface area (Å²) in [5.74, 6) is -5.11. The fourth-order valence-corrected chi connectivity index (χ4v) is 5.18. The average Bonchev–Trinajstić information content (AvgIpc) is 0.981. The first kappa shape index (κ1) is 120. The van der Waals surface area contributed by atoms with Gasteiger partial charge in [0.1, 0.15) is 12.1 Å². The molecule has 636 valence electrons. The number of aliphatic hydroxyl groups excluding tert-OH is 2. The summed E-state index contributed by atoms with van der Waals surface area (Å²) in [5.41, 5.74) is 2.75. The van der Waals surface area contributed by atoms with Crippen molar-refractivity contribution < 1.29 is 144 Å². The molecule has 0 radical (unpaired) electrons. The van der Waals surface area contributed by atoms with Crippen LogP contribution in [0, 0.1) is 0 Å². The number of rotatable bonds is 54. The maximum atomic E-state index is 11.2. The number of halogens is 2. The van der Waals surface area contributed by atoms with Crippen molar-refractivity contribution in [3.05, 3.63) is 148 Å². The Morgan fingerprint density at radius 1 is 0.309 bits per heavy atom. The Labute approximate surface area is 663 Å². The first-order valence-electron chi connectivity index (χ1n) is 34.6. The number of alkyl halides is 2. The van der Waals surface area contributed by atoms with Crippen molar-refractivity contribution in [2.75, 3.05) is 105 Å². The first-order chi connectivity index (χ1) is 51.6. The summed E-state index contributed by atoms with van der Waals surface area (Å²) in [4.78, 5) is 96.4. The number of aliphatic carboxylic acids is 2. The quantitative estimate of drug-likeness (QED) is 0.00835. The summed E-state index contributed by atoms with van der Waals surface area (Å²) in [6, 6.07) is 0.548. The van der Waals surface area contributed by atoms with Crippen LogP contribution in [0.15, 0.2) is 148 Å². The van der Waals surface area contributed by atoms with Crippen molar-refractivity contribution in [3.8, 4) is 0 Å². The lowest BCUT2D eigenvalue weighted by atomic mass is 10.3. The molecular weight excluding hydrogens is 1490 g/mol. The highest BCUT2D eigenvalue weighted by molar-refractivity contribution is 6.17. The van der Waals surface area contributed by atoms with Gasteiger partial charge in [-0.3, -0.25) is 0 Å². The molecule has 32 heteroatoms. The molecule has 0 saturated carbocycles. The summed E-state index contributed by atoms with van der Waals surface area (Å²) in [7, 11) is 0. The highest BCUT2D eigenvalue weighted by Gasteiger charge is 2.14. The summed E-state index contributed by atoms with van der Waals surface area (Å²) < 4.78 is 84.7. The lowest BCUT2D eigenvalue weighted by molar-refractivity contribution is -0.173. The molecule has 0 aromatic carbocycles. The predicted octanol–water partition coefficient (Wildman–Crippen LogP) is 14.0. The minimum absolute atomic E-state index is 0.0806. The summed E-state index contributed by atoms with van der Waals surface area (Å²) in [6.45, 7) is 66.8. The minimum atomic E-state index is -0.935. The number of carbonyl (C=O) groups excluding carboxylic acids is 7. The van der Waals surface area contributed by atoms with Gasteiger partial charge in [0, 0.05) is 76.6 Å². The third-order valence-corrected chi connectivity index (χ3v) is 11.2. The Morgan fingerprint density at radius 2 is 0.518 bits per heavy atom. The summed E-state index contributed by atoms with van der Waals surface area (Å²) >= 11 is 10.5. The minimum Gasteiger partial charge on any atom is -0.502 e. The van der Waals surface area contributed by atoms with E-state index < -0.39 is 78.9 Å². The molecule has 0 aromatic rings. The van der Waals surface area contributed by atoms with Crippen molar-refractivity contribution in [2.24, 2.45) is 0 Å². The molecular formula is C78H130Cl2O30. The van der Waals surface area contributed by atoms with E-state index in [9.17, 15) is 43.2 Å². The van der Waals surface area contributed by atoms with E-state index in [1.807, 2.05) is 0 Å². The molecule has 4 atom stereocenters. The highest BCUT2D eigenvalue weighted by atomic mass is 35.5. The maximum absolute atomic E-state index is 11.2. The fourth-order valence-electron chi connectivity index (χ4n) is 4.96. The molecule has 0 aliphatic carbocycles. The van der Waals surface area contributed by atoms with Gasteiger partial charge in [-0.15, -0.1) is 0 Å². The molecule has 4 N–H and O–H groups in total. The van der Waals surface area contributed by atoms with Gasteiger partial charge in [-0.1, -0.05) is 102 Å². The largest absolute Gasteiger partial charge is 0.502 e. The summed E-state index contributed by atoms with van der Waals surface area (Å²) in [6.07, 6.45) is 11.4. The van der Waals surface area contributed by atoms with Crippen LogP contribution in [0.5, 0.6) is 0 Å². The summed E-state index contributed by atoms with van der Waals surface area (Å²) in [5, 5.41) is 32.0. The van der Waals surface area contributed by atoms with Crippen LogP contribution in [0.3, 0.4) is 0 Å². The molecule has 0 fully saturated rings. The zero-order valence-electron chi connectivity index (χ0n) is 67.5. The van der Waals surface area contributed by atoms with E-state index in [2.05, 4.69) is 83.7 Å². The van der Waals surface area contributed by atoms with Crippen LogP contribution in [-0.4, -0.2) is 204 Å². The zero-order valence-corrected chi connectivity index (χ0v) is 69.0. The average molecular weight is 1620 g/mol. The zero-order chi connectivity index (χ0) is 86.6. The topological polar surface area (TPSA) is 391 Å². The van der Waals surface area contributed by atoms with Crippen molar-refractivity contribution in [3.63, 3.8) is 0 Å². The normalized spacial score (nSPS) is 10.6. The Balaban J connectivity index is -0.000000156. The van der Waals surface area contributed by atoms with Crippen LogP contribution >= 0.6 is 23.2 Å². The monoisotopic (exact) mass is 1620 g/mol. The molecule has 0 aromatic heterocycles. The van der Waals surface area contributed by atoms with E-state index in [4.69, 9.17) is 119 Å². The van der Waals surface area contributed by atoms with Crippen LogP contribution in [0.1, 0.15) is 167 Å². The number of carboxylic acids is 2. The van der Waals surface area contributed by atoms with Gasteiger partial charge in [0.05, 0.1) is 71.6 Å². The molecule has 0 heterocycles. The third-order valence-electron chi connectivity index (χ3n) is 10.9. The van der Waals surface area contributed by atoms with Crippen LogP contribution in [0.4, 0.5) is 0 Å². The standard InChI is InChI=1S/2C16H26O6.C14H22O6.C8H14O2.C6H12Cl2O2.C6H8O2.2C4H6O2.C4H10O2/c2*1-11(2)15(17)21-13(5)19-9-7-8-10-20-14(6)22-16(18)12(3)4;1-11(2)13(15)19-9-17-7-5-6-8-18-10-20-14(16)12(3)4;1-3-9-7-5-6-8-10-4-2;7-5-9-3-1-2-4-10-6-8;1-4-8-6(7)5(2)3;2*1-3(2)4(5)6;5-3-1-2-4-6/h2*13-14H,1,3,7-10H2,2,4-6H3;1,3,5-10H2,2,4H3;3-4H,1-2,5-8H2;1-6H2;4H,1-2H2,3H3;2*1H2,2H3,(H,5,6);5-6H,1-4H2. The lowest BCUT2D eigenvalue weighted by Gasteiger charge is -2.15. The molecule has 0 aliphatic heterocycles. The van der Waals surface area contributed by atoms with Gasteiger partial charge >= 0.3 is 53.7 Å². The van der Waals surface area contributed by atoms with E-state index >= 15 is 0 Å². The van der Waals surface area contributed by atoms with E-state index in [-0.39, 0.29) is 50.1 Å². The van der Waals surface area contributed by atoms with Crippen LogP contribution in [0.25, 0.3) is 0 Å². The van der Waals surface area contributed by atoms with Gasteiger partial charge in [0.25, 0.3) is 0 Å². The highest BCUT2D eigenvalue weighted by Crippen LogP contribution is 2.07. The van der Waals surface area contributed by atoms with E-state index in [1.54, 1.807) is 76.2 Å². The number of carboxylic acid groups (broad SMARTS) is 2.